The highest BCUT2D eigenvalue weighted by molar-refractivity contribution is 7.99. The van der Waals surface area contributed by atoms with Gasteiger partial charge in [0.25, 0.3) is 5.69 Å². The van der Waals surface area contributed by atoms with Crippen LogP contribution in [-0.4, -0.2) is 22.6 Å². The van der Waals surface area contributed by atoms with Gasteiger partial charge in [-0.25, -0.2) is 4.52 Å². The molecule has 1 aromatic carbocycles. The van der Waals surface area contributed by atoms with Crippen LogP contribution in [-0.2, 0) is 20.2 Å². The molecule has 4 rings (SSSR count). The van der Waals surface area contributed by atoms with Crippen LogP contribution in [0.2, 0.25) is 0 Å². The molecule has 1 fully saturated rings. The molecule has 0 unspecified atom stereocenters. The van der Waals surface area contributed by atoms with E-state index in [0.29, 0.717) is 12.6 Å². The maximum absolute atomic E-state index is 6.03. The largest absolute Gasteiger partial charge is 0.485 e. The molecule has 0 N–H and O–H groups in total. The van der Waals surface area contributed by atoms with Crippen LogP contribution < -0.4 is 9.48 Å². The van der Waals surface area contributed by atoms with Gasteiger partial charge in [0.2, 0.25) is 5.76 Å². The highest BCUT2D eigenvalue weighted by Crippen LogP contribution is 2.24. The first-order chi connectivity index (χ1) is 13.7. The number of nitrogens with zero attached hydrogens (tertiary/aromatic N) is 2. The maximum atomic E-state index is 6.03. The Labute approximate surface area is 171 Å². The van der Waals surface area contributed by atoms with Crippen LogP contribution in [0.3, 0.4) is 0 Å². The minimum Gasteiger partial charge on any atom is -0.485 e. The summed E-state index contributed by atoms with van der Waals surface area (Å²) in [5.74, 6) is 4.04. The predicted octanol–water partition coefficient (Wildman–Crippen LogP) is 4.48. The quantitative estimate of drug-likeness (QED) is 0.675. The Morgan fingerprint density at radius 1 is 1.25 bits per heavy atom. The van der Waals surface area contributed by atoms with Gasteiger partial charge in [-0.15, -0.1) is 11.8 Å². The third-order valence-electron chi connectivity index (χ3n) is 5.12. The molecular formula is C23H27N2O2S+. The Balaban J connectivity index is 1.40. The van der Waals surface area contributed by atoms with Gasteiger partial charge < -0.3 is 4.74 Å². The van der Waals surface area contributed by atoms with Gasteiger partial charge in [0.05, 0.1) is 6.07 Å². The summed E-state index contributed by atoms with van der Waals surface area (Å²) >= 11 is 2.00. The Kier molecular flexibility index (Phi) is 6.03. The van der Waals surface area contributed by atoms with E-state index >= 15 is 0 Å². The van der Waals surface area contributed by atoms with Crippen molar-refractivity contribution in [2.45, 2.75) is 32.5 Å². The van der Waals surface area contributed by atoms with Gasteiger partial charge in [-0.05, 0) is 35.8 Å². The lowest BCUT2D eigenvalue weighted by atomic mass is 10.1. The van der Waals surface area contributed by atoms with Crippen molar-refractivity contribution in [2.24, 2.45) is 7.05 Å². The number of aryl methyl sites for hydroxylation is 1. The van der Waals surface area contributed by atoms with E-state index in [-0.39, 0.29) is 0 Å². The molecule has 0 saturated carbocycles. The van der Waals surface area contributed by atoms with E-state index in [2.05, 4.69) is 60.4 Å². The fourth-order valence-electron chi connectivity index (χ4n) is 3.52. The Bertz CT molecular complexity index is 913. The molecule has 146 valence electrons. The minimum absolute atomic E-state index is 0.423. The summed E-state index contributed by atoms with van der Waals surface area (Å²) in [5.41, 5.74) is 3.62. The lowest BCUT2D eigenvalue weighted by molar-refractivity contribution is -0.847. The van der Waals surface area contributed by atoms with Crippen molar-refractivity contribution in [2.75, 3.05) is 11.6 Å². The highest BCUT2D eigenvalue weighted by atomic mass is 32.2. The molecule has 1 atom stereocenters. The molecule has 0 radical (unpaired) electrons. The van der Waals surface area contributed by atoms with Crippen LogP contribution in [0.15, 0.2) is 65.2 Å². The fraction of sp³-hybridized carbons (Fsp3) is 0.348. The van der Waals surface area contributed by atoms with E-state index in [1.807, 2.05) is 35.7 Å². The lowest BCUT2D eigenvalue weighted by Crippen LogP contribution is -2.29. The van der Waals surface area contributed by atoms with Crippen molar-refractivity contribution in [3.8, 4) is 5.75 Å². The second-order valence-electron chi connectivity index (χ2n) is 7.33. The molecule has 5 heteroatoms. The minimum atomic E-state index is 0.423. The number of rotatable bonds is 6. The molecule has 0 amide bonds. The Hall–Kier alpha value is -2.24. The number of hydrogen-bond acceptors (Lipinski definition) is 4. The third kappa shape index (κ3) is 4.59. The molecule has 1 aliphatic carbocycles. The van der Waals surface area contributed by atoms with E-state index < -0.39 is 0 Å². The molecule has 2 aliphatic rings. The van der Waals surface area contributed by atoms with Crippen molar-refractivity contribution >= 4 is 17.3 Å². The molecule has 1 aromatic heterocycles. The highest BCUT2D eigenvalue weighted by Gasteiger charge is 2.21. The van der Waals surface area contributed by atoms with Gasteiger partial charge in [0.15, 0.2) is 13.7 Å². The van der Waals surface area contributed by atoms with Crippen molar-refractivity contribution < 1.29 is 14.0 Å². The number of thioether (sulfide) groups is 1. The number of allylic oxidation sites excluding steroid dienone is 6. The lowest BCUT2D eigenvalue weighted by Gasteiger charge is -2.20. The van der Waals surface area contributed by atoms with Gasteiger partial charge in [-0.1, -0.05) is 42.5 Å². The van der Waals surface area contributed by atoms with Crippen molar-refractivity contribution in [3.63, 3.8) is 0 Å². The molecule has 1 aliphatic heterocycles. The van der Waals surface area contributed by atoms with Crippen LogP contribution in [0.5, 0.6) is 5.75 Å². The van der Waals surface area contributed by atoms with Crippen LogP contribution in [0.4, 0.5) is 0 Å². The summed E-state index contributed by atoms with van der Waals surface area (Å²) in [6.07, 6.45) is 11.4. The number of hydrogen-bond donors (Lipinski definition) is 0. The van der Waals surface area contributed by atoms with Gasteiger partial charge >= 0.3 is 0 Å². The van der Waals surface area contributed by atoms with Crippen LogP contribution in [0.25, 0.3) is 5.57 Å². The van der Waals surface area contributed by atoms with Gasteiger partial charge in [0, 0.05) is 29.8 Å². The zero-order chi connectivity index (χ0) is 19.3. The topological polar surface area (TPSA) is 29.5 Å². The van der Waals surface area contributed by atoms with Crippen LogP contribution in [0.1, 0.15) is 30.4 Å². The average Bonchev–Trinajstić information content (AvgIpc) is 3.15. The molecule has 28 heavy (non-hydrogen) atoms. The summed E-state index contributed by atoms with van der Waals surface area (Å²) in [6, 6.07) is 11.1. The van der Waals surface area contributed by atoms with Gasteiger partial charge in [0.1, 0.15) is 5.75 Å². The standard InChI is InChI=1S/C23H27N2O2S/c1-18-16-28-17-25(18)14-19-8-7-11-21(12-19)26-15-22-13-23(24(2)27-22)20-9-5-3-4-6-10-20/h3-9,11-13,18H,10,14-17H2,1-2H3/q+1/t18-/m1/s1. The first kappa shape index (κ1) is 19.1. The van der Waals surface area contributed by atoms with Crippen molar-refractivity contribution in [1.29, 1.82) is 0 Å². The molecule has 2 heterocycles. The van der Waals surface area contributed by atoms with Gasteiger partial charge in [-0.2, -0.15) is 0 Å². The van der Waals surface area contributed by atoms with E-state index in [4.69, 9.17) is 9.26 Å². The Morgan fingerprint density at radius 3 is 3.04 bits per heavy atom. The summed E-state index contributed by atoms with van der Waals surface area (Å²) in [5, 5.41) is 0. The second-order valence-corrected chi connectivity index (χ2v) is 8.33. The molecule has 2 aromatic rings. The molecule has 4 nitrogen and oxygen atoms in total. The predicted molar refractivity (Wildman–Crippen MR) is 114 cm³/mol. The molecule has 0 bridgehead atoms. The van der Waals surface area contributed by atoms with Crippen molar-refractivity contribution in [1.82, 2.24) is 4.90 Å². The number of ether oxygens (including phenoxy) is 1. The first-order valence-electron chi connectivity index (χ1n) is 9.74. The Morgan fingerprint density at radius 2 is 2.18 bits per heavy atom. The van der Waals surface area contributed by atoms with Gasteiger partial charge in [-0.3, -0.25) is 4.90 Å². The van der Waals surface area contributed by atoms with E-state index in [1.54, 1.807) is 0 Å². The summed E-state index contributed by atoms with van der Waals surface area (Å²) < 4.78 is 13.7. The van der Waals surface area contributed by atoms with E-state index in [9.17, 15) is 0 Å². The molecular weight excluding hydrogens is 368 g/mol. The smallest absolute Gasteiger partial charge is 0.258 e. The van der Waals surface area contributed by atoms with E-state index in [0.717, 1.165) is 36.0 Å². The SMILES string of the molecule is C[C@@H]1CSCN1Cc1cccc(OCc2cc(C3=CC=CC=CC3)[n+](C)o2)c1. The summed E-state index contributed by atoms with van der Waals surface area (Å²) in [4.78, 5) is 2.51. The molecule has 1 saturated heterocycles. The zero-order valence-corrected chi connectivity index (χ0v) is 17.3. The summed E-state index contributed by atoms with van der Waals surface area (Å²) in [6.45, 7) is 3.69. The normalized spacial score (nSPS) is 19.6. The van der Waals surface area contributed by atoms with Crippen LogP contribution >= 0.6 is 11.8 Å². The fourth-order valence-corrected chi connectivity index (χ4v) is 4.76. The molecule has 0 spiro atoms. The summed E-state index contributed by atoms with van der Waals surface area (Å²) in [7, 11) is 1.94. The van der Waals surface area contributed by atoms with Crippen LogP contribution in [0, 0.1) is 0 Å². The second kappa shape index (κ2) is 8.84. The number of benzene rings is 1. The van der Waals surface area contributed by atoms with E-state index in [1.165, 1.54) is 16.9 Å². The monoisotopic (exact) mass is 395 g/mol. The maximum Gasteiger partial charge on any atom is 0.258 e. The average molecular weight is 396 g/mol. The first-order valence-corrected chi connectivity index (χ1v) is 10.9. The number of aromatic nitrogens is 1. The van der Waals surface area contributed by atoms with Crippen molar-refractivity contribution in [3.05, 3.63) is 77.7 Å². The zero-order valence-electron chi connectivity index (χ0n) is 16.5. The third-order valence-corrected chi connectivity index (χ3v) is 6.35.